The molecule has 0 unspecified atom stereocenters. The van der Waals surface area contributed by atoms with Crippen molar-refractivity contribution in [2.45, 2.75) is 25.3 Å². The first kappa shape index (κ1) is 21.5. The lowest BCUT2D eigenvalue weighted by molar-refractivity contribution is 0.0951. The fourth-order valence-electron chi connectivity index (χ4n) is 3.02. The number of sulfonamides is 1. The third-order valence-electron chi connectivity index (χ3n) is 4.83. The number of carbonyl (C=O) groups excluding carboxylic acids is 1. The first-order chi connectivity index (χ1) is 14.2. The van der Waals surface area contributed by atoms with Gasteiger partial charge in [0.25, 0.3) is 15.9 Å². The summed E-state index contributed by atoms with van der Waals surface area (Å²) in [5, 5.41) is 2.73. The Morgan fingerprint density at radius 2 is 1.70 bits per heavy atom. The van der Waals surface area contributed by atoms with Gasteiger partial charge in [0.1, 0.15) is 5.82 Å². The van der Waals surface area contributed by atoms with Crippen molar-refractivity contribution < 1.29 is 17.6 Å². The maximum atomic E-state index is 13.3. The number of aryl methyl sites for hydroxylation is 2. The zero-order chi connectivity index (χ0) is 21.9. The summed E-state index contributed by atoms with van der Waals surface area (Å²) in [6.07, 6.45) is 0. The highest BCUT2D eigenvalue weighted by molar-refractivity contribution is 7.92. The van der Waals surface area contributed by atoms with Crippen LogP contribution in [0.3, 0.4) is 0 Å². The Morgan fingerprint density at radius 1 is 1.00 bits per heavy atom. The summed E-state index contributed by atoms with van der Waals surface area (Å²) in [6.45, 7) is 3.83. The van der Waals surface area contributed by atoms with Gasteiger partial charge in [-0.2, -0.15) is 0 Å². The molecular formula is C23H23FN2O3S. The van der Waals surface area contributed by atoms with Gasteiger partial charge in [-0.25, -0.2) is 12.8 Å². The molecule has 0 spiro atoms. The number of carbonyl (C=O) groups is 1. The van der Waals surface area contributed by atoms with Crippen molar-refractivity contribution in [2.75, 3.05) is 11.4 Å². The fraction of sp³-hybridized carbons (Fsp3) is 0.174. The number of nitrogens with zero attached hydrogens (tertiary/aromatic N) is 1. The molecule has 7 heteroatoms. The van der Waals surface area contributed by atoms with Gasteiger partial charge in [0.05, 0.1) is 10.6 Å². The van der Waals surface area contributed by atoms with Crippen LogP contribution in [-0.4, -0.2) is 21.4 Å². The van der Waals surface area contributed by atoms with E-state index in [9.17, 15) is 17.6 Å². The molecule has 0 aliphatic heterocycles. The van der Waals surface area contributed by atoms with E-state index >= 15 is 0 Å². The van der Waals surface area contributed by atoms with Crippen LogP contribution in [0.15, 0.2) is 71.6 Å². The SMILES string of the molecule is Cc1ccc(S(=O)(=O)N(C)c2cc(C(=O)NCc3cccc(F)c3)ccc2C)cc1. The van der Waals surface area contributed by atoms with E-state index in [1.165, 1.54) is 23.5 Å². The number of nitrogens with one attached hydrogen (secondary N) is 1. The molecular weight excluding hydrogens is 403 g/mol. The highest BCUT2D eigenvalue weighted by Gasteiger charge is 2.23. The third-order valence-corrected chi connectivity index (χ3v) is 6.62. The van der Waals surface area contributed by atoms with Crippen LogP contribution >= 0.6 is 0 Å². The van der Waals surface area contributed by atoms with Crippen LogP contribution in [0.2, 0.25) is 0 Å². The van der Waals surface area contributed by atoms with E-state index < -0.39 is 10.0 Å². The maximum Gasteiger partial charge on any atom is 0.264 e. The molecule has 30 heavy (non-hydrogen) atoms. The number of benzene rings is 3. The third kappa shape index (κ3) is 4.68. The van der Waals surface area contributed by atoms with Gasteiger partial charge in [-0.15, -0.1) is 0 Å². The van der Waals surface area contributed by atoms with Crippen molar-refractivity contribution in [3.63, 3.8) is 0 Å². The van der Waals surface area contributed by atoms with Gasteiger partial charge < -0.3 is 5.32 Å². The second-order valence-corrected chi connectivity index (χ2v) is 9.07. The van der Waals surface area contributed by atoms with Crippen molar-refractivity contribution in [2.24, 2.45) is 0 Å². The molecule has 0 saturated carbocycles. The Balaban J connectivity index is 1.83. The molecule has 1 N–H and O–H groups in total. The van der Waals surface area contributed by atoms with Gasteiger partial charge in [0.2, 0.25) is 0 Å². The molecule has 3 aromatic carbocycles. The van der Waals surface area contributed by atoms with Crippen LogP contribution < -0.4 is 9.62 Å². The maximum absolute atomic E-state index is 13.3. The number of anilines is 1. The normalized spacial score (nSPS) is 11.2. The quantitative estimate of drug-likeness (QED) is 0.643. The molecule has 0 aromatic heterocycles. The molecule has 0 bridgehead atoms. The first-order valence-electron chi connectivity index (χ1n) is 9.37. The van der Waals surface area contributed by atoms with Gasteiger partial charge >= 0.3 is 0 Å². The van der Waals surface area contributed by atoms with Crippen LogP contribution in [0, 0.1) is 19.7 Å². The van der Waals surface area contributed by atoms with E-state index in [0.29, 0.717) is 16.8 Å². The number of rotatable bonds is 6. The highest BCUT2D eigenvalue weighted by Crippen LogP contribution is 2.26. The standard InChI is InChI=1S/C23H23FN2O3S/c1-16-7-11-21(12-8-16)30(28,29)26(3)22-14-19(10-9-17(22)2)23(27)25-15-18-5-4-6-20(24)13-18/h4-14H,15H2,1-3H3,(H,25,27). The zero-order valence-electron chi connectivity index (χ0n) is 17.0. The highest BCUT2D eigenvalue weighted by atomic mass is 32.2. The molecule has 3 aromatic rings. The molecule has 3 rings (SSSR count). The minimum atomic E-state index is -3.77. The molecule has 0 aliphatic carbocycles. The van der Waals surface area contributed by atoms with Gasteiger partial charge in [-0.05, 0) is 61.4 Å². The lowest BCUT2D eigenvalue weighted by atomic mass is 10.1. The smallest absolute Gasteiger partial charge is 0.264 e. The largest absolute Gasteiger partial charge is 0.348 e. The Hall–Kier alpha value is -3.19. The molecule has 5 nitrogen and oxygen atoms in total. The van der Waals surface area contributed by atoms with Gasteiger partial charge in [0, 0.05) is 19.2 Å². The van der Waals surface area contributed by atoms with Gasteiger partial charge in [0.15, 0.2) is 0 Å². The van der Waals surface area contributed by atoms with E-state index in [-0.39, 0.29) is 23.2 Å². The van der Waals surface area contributed by atoms with E-state index in [4.69, 9.17) is 0 Å². The molecule has 0 saturated heterocycles. The average molecular weight is 427 g/mol. The van der Waals surface area contributed by atoms with Crippen LogP contribution in [0.4, 0.5) is 10.1 Å². The summed E-state index contributed by atoms with van der Waals surface area (Å²) in [4.78, 5) is 12.8. The number of hydrogen-bond acceptors (Lipinski definition) is 3. The topological polar surface area (TPSA) is 66.5 Å². The van der Waals surface area contributed by atoms with Crippen LogP contribution in [0.25, 0.3) is 0 Å². The minimum absolute atomic E-state index is 0.164. The number of halogens is 1. The minimum Gasteiger partial charge on any atom is -0.348 e. The summed E-state index contributed by atoms with van der Waals surface area (Å²) in [7, 11) is -2.31. The zero-order valence-corrected chi connectivity index (χ0v) is 17.8. The van der Waals surface area contributed by atoms with E-state index in [2.05, 4.69) is 5.32 Å². The van der Waals surface area contributed by atoms with Crippen LogP contribution in [0.1, 0.15) is 27.0 Å². The lowest BCUT2D eigenvalue weighted by Crippen LogP contribution is -2.28. The number of hydrogen-bond donors (Lipinski definition) is 1. The second kappa shape index (κ2) is 8.67. The van der Waals surface area contributed by atoms with Crippen molar-refractivity contribution in [3.05, 3.63) is 94.8 Å². The van der Waals surface area contributed by atoms with E-state index in [1.807, 2.05) is 6.92 Å². The van der Waals surface area contributed by atoms with E-state index in [1.54, 1.807) is 61.5 Å². The first-order valence-corrected chi connectivity index (χ1v) is 10.8. The molecule has 0 fully saturated rings. The summed E-state index contributed by atoms with van der Waals surface area (Å²) in [6, 6.07) is 17.5. The Bertz CT molecular complexity index is 1180. The molecule has 0 atom stereocenters. The predicted octanol–water partition coefficient (Wildman–Crippen LogP) is 4.20. The summed E-state index contributed by atoms with van der Waals surface area (Å²) >= 11 is 0. The van der Waals surface area contributed by atoms with Gasteiger partial charge in [-0.1, -0.05) is 35.9 Å². The molecule has 0 radical (unpaired) electrons. The Kier molecular flexibility index (Phi) is 6.22. The Morgan fingerprint density at radius 3 is 2.37 bits per heavy atom. The molecule has 0 heterocycles. The lowest BCUT2D eigenvalue weighted by Gasteiger charge is -2.22. The summed E-state index contributed by atoms with van der Waals surface area (Å²) in [5.41, 5.74) is 3.04. The van der Waals surface area contributed by atoms with Crippen LogP contribution in [0.5, 0.6) is 0 Å². The van der Waals surface area contributed by atoms with Crippen molar-refractivity contribution >= 4 is 21.6 Å². The van der Waals surface area contributed by atoms with Gasteiger partial charge in [-0.3, -0.25) is 9.10 Å². The average Bonchev–Trinajstić information content (AvgIpc) is 2.72. The fourth-order valence-corrected chi connectivity index (χ4v) is 4.27. The van der Waals surface area contributed by atoms with Crippen molar-refractivity contribution in [1.82, 2.24) is 5.32 Å². The number of amides is 1. The summed E-state index contributed by atoms with van der Waals surface area (Å²) in [5.74, 6) is -0.746. The summed E-state index contributed by atoms with van der Waals surface area (Å²) < 4.78 is 40.5. The monoisotopic (exact) mass is 426 g/mol. The molecule has 0 aliphatic rings. The predicted molar refractivity (Wildman–Crippen MR) is 116 cm³/mol. The van der Waals surface area contributed by atoms with E-state index in [0.717, 1.165) is 11.1 Å². The van der Waals surface area contributed by atoms with Crippen molar-refractivity contribution in [3.8, 4) is 0 Å². The molecule has 156 valence electrons. The van der Waals surface area contributed by atoms with Crippen molar-refractivity contribution in [1.29, 1.82) is 0 Å². The molecule has 1 amide bonds. The Labute approximate surface area is 176 Å². The second-order valence-electron chi connectivity index (χ2n) is 7.10. The van der Waals surface area contributed by atoms with Crippen LogP contribution in [-0.2, 0) is 16.6 Å².